The van der Waals surface area contributed by atoms with E-state index in [9.17, 15) is 9.59 Å². The molecule has 0 spiro atoms. The number of benzene rings is 1. The lowest BCUT2D eigenvalue weighted by Gasteiger charge is -2.17. The van der Waals surface area contributed by atoms with Crippen molar-refractivity contribution in [2.24, 2.45) is 0 Å². The Labute approximate surface area is 173 Å². The van der Waals surface area contributed by atoms with Gasteiger partial charge in [-0.05, 0) is 38.1 Å². The van der Waals surface area contributed by atoms with Gasteiger partial charge in [0.25, 0.3) is 5.56 Å². The van der Waals surface area contributed by atoms with Crippen molar-refractivity contribution in [1.82, 2.24) is 14.9 Å². The number of nitriles is 1. The number of hydrogen-bond donors (Lipinski definition) is 2. The molecule has 1 aliphatic rings. The van der Waals surface area contributed by atoms with Crippen molar-refractivity contribution >= 4 is 23.4 Å². The van der Waals surface area contributed by atoms with Gasteiger partial charge in [-0.15, -0.1) is 0 Å². The number of nitrogens with one attached hydrogen (secondary N) is 2. The SMILES string of the molecule is CCOc1ccc(-n2c(SC(C)C(=O)NCCC#N)nc3c(c2=O)NCC3)cc1. The average molecular weight is 414 g/mol. The lowest BCUT2D eigenvalue weighted by Crippen LogP contribution is -2.32. The van der Waals surface area contributed by atoms with Gasteiger partial charge in [0.15, 0.2) is 5.16 Å². The van der Waals surface area contributed by atoms with Crippen molar-refractivity contribution in [1.29, 1.82) is 5.26 Å². The number of rotatable bonds is 8. The molecule has 2 aromatic rings. The topological polar surface area (TPSA) is 109 Å². The van der Waals surface area contributed by atoms with Gasteiger partial charge in [0.2, 0.25) is 5.91 Å². The fourth-order valence-corrected chi connectivity index (χ4v) is 3.93. The smallest absolute Gasteiger partial charge is 0.282 e. The van der Waals surface area contributed by atoms with Crippen molar-refractivity contribution in [3.63, 3.8) is 0 Å². The van der Waals surface area contributed by atoms with Crippen molar-refractivity contribution in [3.8, 4) is 17.5 Å². The van der Waals surface area contributed by atoms with Gasteiger partial charge in [0.05, 0.1) is 35.7 Å². The zero-order valence-corrected chi connectivity index (χ0v) is 17.2. The molecule has 9 heteroatoms. The third-order valence-electron chi connectivity index (χ3n) is 4.38. The van der Waals surface area contributed by atoms with E-state index in [0.29, 0.717) is 42.6 Å². The molecular weight excluding hydrogens is 390 g/mol. The van der Waals surface area contributed by atoms with Crippen molar-refractivity contribution in [2.75, 3.05) is 25.0 Å². The summed E-state index contributed by atoms with van der Waals surface area (Å²) in [7, 11) is 0. The van der Waals surface area contributed by atoms with Gasteiger partial charge >= 0.3 is 0 Å². The van der Waals surface area contributed by atoms with Crippen molar-refractivity contribution in [3.05, 3.63) is 40.3 Å². The minimum absolute atomic E-state index is 0.184. The van der Waals surface area contributed by atoms with Crippen LogP contribution in [0.15, 0.2) is 34.2 Å². The van der Waals surface area contributed by atoms with Crippen LogP contribution in [0.25, 0.3) is 5.69 Å². The third kappa shape index (κ3) is 4.71. The summed E-state index contributed by atoms with van der Waals surface area (Å²) in [5.41, 5.74) is 1.70. The van der Waals surface area contributed by atoms with Crippen LogP contribution in [0, 0.1) is 11.3 Å². The van der Waals surface area contributed by atoms with Crippen LogP contribution in [0.3, 0.4) is 0 Å². The van der Waals surface area contributed by atoms with Gasteiger partial charge in [-0.1, -0.05) is 11.8 Å². The van der Waals surface area contributed by atoms with E-state index in [1.165, 1.54) is 16.3 Å². The van der Waals surface area contributed by atoms with Crippen molar-refractivity contribution < 1.29 is 9.53 Å². The van der Waals surface area contributed by atoms with Crippen LogP contribution in [0.5, 0.6) is 5.75 Å². The Morgan fingerprint density at radius 3 is 2.90 bits per heavy atom. The molecule has 0 aliphatic carbocycles. The first-order chi connectivity index (χ1) is 14.0. The summed E-state index contributed by atoms with van der Waals surface area (Å²) < 4.78 is 7.00. The van der Waals surface area contributed by atoms with Gasteiger partial charge in [-0.25, -0.2) is 4.98 Å². The monoisotopic (exact) mass is 413 g/mol. The quantitative estimate of drug-likeness (QED) is 0.387. The molecule has 1 amide bonds. The molecule has 2 N–H and O–H groups in total. The predicted octanol–water partition coefficient (Wildman–Crippen LogP) is 2.11. The molecule has 0 radical (unpaired) electrons. The summed E-state index contributed by atoms with van der Waals surface area (Å²) >= 11 is 1.22. The Balaban J connectivity index is 1.94. The number of anilines is 1. The molecule has 8 nitrogen and oxygen atoms in total. The summed E-state index contributed by atoms with van der Waals surface area (Å²) in [4.78, 5) is 30.1. The van der Waals surface area contributed by atoms with E-state index in [4.69, 9.17) is 10.00 Å². The number of fused-ring (bicyclic) bond motifs is 1. The molecule has 1 aromatic heterocycles. The van der Waals surface area contributed by atoms with Crippen LogP contribution >= 0.6 is 11.8 Å². The van der Waals surface area contributed by atoms with Crippen LogP contribution in [-0.2, 0) is 11.2 Å². The number of carbonyl (C=O) groups is 1. The van der Waals surface area contributed by atoms with Gasteiger partial charge in [-0.3, -0.25) is 14.2 Å². The second kappa shape index (κ2) is 9.47. The van der Waals surface area contributed by atoms with E-state index < -0.39 is 5.25 Å². The summed E-state index contributed by atoms with van der Waals surface area (Å²) in [6.45, 7) is 5.19. The molecule has 0 saturated carbocycles. The van der Waals surface area contributed by atoms with E-state index in [1.807, 2.05) is 13.0 Å². The number of aromatic nitrogens is 2. The average Bonchev–Trinajstić information content (AvgIpc) is 3.18. The van der Waals surface area contributed by atoms with E-state index in [2.05, 4.69) is 15.6 Å². The molecular formula is C20H23N5O3S. The molecule has 152 valence electrons. The zero-order valence-electron chi connectivity index (χ0n) is 16.4. The lowest BCUT2D eigenvalue weighted by molar-refractivity contribution is -0.120. The Morgan fingerprint density at radius 1 is 1.45 bits per heavy atom. The minimum atomic E-state index is -0.470. The largest absolute Gasteiger partial charge is 0.494 e. The molecule has 0 bridgehead atoms. The number of ether oxygens (including phenoxy) is 1. The lowest BCUT2D eigenvalue weighted by atomic mass is 10.3. The maximum Gasteiger partial charge on any atom is 0.282 e. The van der Waals surface area contributed by atoms with Gasteiger partial charge in [0, 0.05) is 19.5 Å². The Hall–Kier alpha value is -2.99. The molecule has 2 heterocycles. The molecule has 29 heavy (non-hydrogen) atoms. The fourth-order valence-electron chi connectivity index (χ4n) is 2.97. The molecule has 3 rings (SSSR count). The summed E-state index contributed by atoms with van der Waals surface area (Å²) in [6, 6.07) is 9.21. The highest BCUT2D eigenvalue weighted by molar-refractivity contribution is 8.00. The normalized spacial score (nSPS) is 13.1. The van der Waals surface area contributed by atoms with Crippen LogP contribution < -0.4 is 20.9 Å². The maximum atomic E-state index is 13.1. The Bertz CT molecular complexity index is 981. The van der Waals surface area contributed by atoms with Crippen LogP contribution in [0.4, 0.5) is 5.69 Å². The molecule has 1 atom stereocenters. The molecule has 1 aliphatic heterocycles. The van der Waals surface area contributed by atoms with Gasteiger partial charge in [0.1, 0.15) is 11.4 Å². The highest BCUT2D eigenvalue weighted by Crippen LogP contribution is 2.27. The number of nitrogens with zero attached hydrogens (tertiary/aromatic N) is 3. The number of hydrogen-bond acceptors (Lipinski definition) is 7. The molecule has 1 unspecified atom stereocenters. The minimum Gasteiger partial charge on any atom is -0.494 e. The number of carbonyl (C=O) groups excluding carboxylic acids is 1. The van der Waals surface area contributed by atoms with Gasteiger partial charge < -0.3 is 15.4 Å². The first kappa shape index (κ1) is 20.7. The van der Waals surface area contributed by atoms with E-state index in [0.717, 1.165) is 11.4 Å². The number of thioether (sulfide) groups is 1. The maximum absolute atomic E-state index is 13.1. The molecule has 0 fully saturated rings. The third-order valence-corrected chi connectivity index (χ3v) is 5.44. The highest BCUT2D eigenvalue weighted by atomic mass is 32.2. The zero-order chi connectivity index (χ0) is 20.8. The van der Waals surface area contributed by atoms with Crippen LogP contribution in [0.1, 0.15) is 26.0 Å². The number of amides is 1. The predicted molar refractivity (Wildman–Crippen MR) is 112 cm³/mol. The van der Waals surface area contributed by atoms with Crippen LogP contribution in [0.2, 0.25) is 0 Å². The second-order valence-electron chi connectivity index (χ2n) is 6.42. The van der Waals surface area contributed by atoms with E-state index in [1.54, 1.807) is 31.2 Å². The van der Waals surface area contributed by atoms with Crippen molar-refractivity contribution in [2.45, 2.75) is 37.1 Å². The Morgan fingerprint density at radius 2 is 2.21 bits per heavy atom. The molecule has 1 aromatic carbocycles. The summed E-state index contributed by atoms with van der Waals surface area (Å²) in [5, 5.41) is 14.4. The first-order valence-electron chi connectivity index (χ1n) is 9.49. The van der Waals surface area contributed by atoms with Gasteiger partial charge in [-0.2, -0.15) is 5.26 Å². The fraction of sp³-hybridized carbons (Fsp3) is 0.400. The van der Waals surface area contributed by atoms with Crippen LogP contribution in [-0.4, -0.2) is 40.4 Å². The molecule has 0 saturated heterocycles. The summed E-state index contributed by atoms with van der Waals surface area (Å²) in [5.74, 6) is 0.521. The second-order valence-corrected chi connectivity index (χ2v) is 7.73. The Kier molecular flexibility index (Phi) is 6.77. The highest BCUT2D eigenvalue weighted by Gasteiger charge is 2.24. The van der Waals surface area contributed by atoms with E-state index in [-0.39, 0.29) is 17.9 Å². The first-order valence-corrected chi connectivity index (χ1v) is 10.4. The standard InChI is InChI=1S/C20H23N5O3S/c1-3-28-15-7-5-14(6-8-15)25-19(27)17-16(9-12-22-17)24-20(25)29-13(2)18(26)23-11-4-10-21/h5-8,13,22H,3-4,9,11-12H2,1-2H3,(H,23,26). The summed E-state index contributed by atoms with van der Waals surface area (Å²) in [6.07, 6.45) is 0.924. The van der Waals surface area contributed by atoms with E-state index >= 15 is 0 Å².